The van der Waals surface area contributed by atoms with E-state index in [1.165, 1.54) is 33.3 Å². The van der Waals surface area contributed by atoms with Gasteiger partial charge >= 0.3 is 5.97 Å². The number of sulfonamides is 1. The van der Waals surface area contributed by atoms with Gasteiger partial charge in [-0.1, -0.05) is 0 Å². The number of amides is 1. The fourth-order valence-electron chi connectivity index (χ4n) is 2.62. The van der Waals surface area contributed by atoms with Gasteiger partial charge in [-0.3, -0.25) is 4.79 Å². The van der Waals surface area contributed by atoms with Crippen LogP contribution in [0.3, 0.4) is 0 Å². The number of ether oxygens (including phenoxy) is 2. The third kappa shape index (κ3) is 4.61. The van der Waals surface area contributed by atoms with Crippen LogP contribution < -0.4 is 10.1 Å². The molecule has 9 nitrogen and oxygen atoms in total. The number of nitrogens with one attached hydrogen (secondary N) is 1. The molecule has 0 unspecified atom stereocenters. The molecule has 1 atom stereocenters. The van der Waals surface area contributed by atoms with Crippen LogP contribution in [0.15, 0.2) is 23.1 Å². The van der Waals surface area contributed by atoms with Crippen molar-refractivity contribution in [2.24, 2.45) is 5.92 Å². The normalized spacial score (nSPS) is 16.0. The summed E-state index contributed by atoms with van der Waals surface area (Å²) in [5, 5.41) is 11.8. The Morgan fingerprint density at radius 3 is 2.50 bits per heavy atom. The van der Waals surface area contributed by atoms with E-state index in [2.05, 4.69) is 11.4 Å². The second-order valence-electron chi connectivity index (χ2n) is 6.87. The van der Waals surface area contributed by atoms with Crippen molar-refractivity contribution in [3.63, 3.8) is 0 Å². The van der Waals surface area contributed by atoms with E-state index in [1.54, 1.807) is 6.92 Å². The van der Waals surface area contributed by atoms with Crippen molar-refractivity contribution >= 4 is 21.9 Å². The van der Waals surface area contributed by atoms with E-state index >= 15 is 0 Å². The van der Waals surface area contributed by atoms with E-state index < -0.39 is 34.0 Å². The number of carbonyl (C=O) groups excluding carboxylic acids is 2. The molecule has 1 saturated carbocycles. The number of benzene rings is 1. The summed E-state index contributed by atoms with van der Waals surface area (Å²) in [6.07, 6.45) is 1.72. The van der Waals surface area contributed by atoms with Crippen LogP contribution in [0, 0.1) is 17.2 Å². The molecule has 10 heteroatoms. The average molecular weight is 409 g/mol. The monoisotopic (exact) mass is 409 g/mol. The molecule has 1 aliphatic rings. The maximum atomic E-state index is 12.4. The Balaban J connectivity index is 2.10. The number of hydrogen-bond donors (Lipinski definition) is 1. The molecule has 0 heterocycles. The van der Waals surface area contributed by atoms with E-state index in [4.69, 9.17) is 9.47 Å². The molecule has 0 aromatic heterocycles. The summed E-state index contributed by atoms with van der Waals surface area (Å²) in [4.78, 5) is 24.1. The fraction of sp³-hybridized carbons (Fsp3) is 0.500. The van der Waals surface area contributed by atoms with Crippen molar-refractivity contribution in [3.8, 4) is 11.8 Å². The van der Waals surface area contributed by atoms with Gasteiger partial charge in [-0.2, -0.15) is 5.26 Å². The van der Waals surface area contributed by atoms with E-state index in [0.29, 0.717) is 0 Å². The predicted molar refractivity (Wildman–Crippen MR) is 99.0 cm³/mol. The van der Waals surface area contributed by atoms with Crippen LogP contribution in [0.2, 0.25) is 0 Å². The molecule has 0 radical (unpaired) electrons. The minimum atomic E-state index is -3.85. The van der Waals surface area contributed by atoms with E-state index in [-0.39, 0.29) is 22.1 Å². The van der Waals surface area contributed by atoms with Crippen LogP contribution in [0.5, 0.6) is 5.75 Å². The van der Waals surface area contributed by atoms with Gasteiger partial charge in [0.1, 0.15) is 16.2 Å². The first kappa shape index (κ1) is 21.7. The standard InChI is InChI=1S/C18H23N3O6S/c1-18(11-19,13-6-7-13)20-16(22)10-27-17(23)12-5-8-14(26-4)15(9-12)28(24,25)21(2)3/h5,8-9,13H,6-7,10H2,1-4H3,(H,20,22)/t18-/m0/s1. The molecule has 2 rings (SSSR count). The molecule has 152 valence electrons. The van der Waals surface area contributed by atoms with Crippen LogP contribution in [0.1, 0.15) is 30.1 Å². The Hall–Kier alpha value is -2.64. The minimum Gasteiger partial charge on any atom is -0.495 e. The molecule has 1 aliphatic carbocycles. The van der Waals surface area contributed by atoms with E-state index in [0.717, 1.165) is 23.2 Å². The SMILES string of the molecule is COc1ccc(C(=O)OCC(=O)N[C@@](C)(C#N)C2CC2)cc1S(=O)(=O)N(C)C. The Labute approximate surface area is 164 Å². The molecule has 1 aromatic rings. The molecule has 0 aliphatic heterocycles. The molecule has 1 fully saturated rings. The predicted octanol–water partition coefficient (Wildman–Crippen LogP) is 0.911. The van der Waals surface area contributed by atoms with Gasteiger partial charge in [0.05, 0.1) is 18.7 Å². The second kappa shape index (κ2) is 8.16. The van der Waals surface area contributed by atoms with E-state index in [1.807, 2.05) is 0 Å². The van der Waals surface area contributed by atoms with E-state index in [9.17, 15) is 23.3 Å². The van der Waals surface area contributed by atoms with Crippen molar-refractivity contribution in [1.82, 2.24) is 9.62 Å². The number of rotatable bonds is 8. The number of hydrogen-bond acceptors (Lipinski definition) is 7. The maximum absolute atomic E-state index is 12.4. The number of methoxy groups -OCH3 is 1. The third-order valence-corrected chi connectivity index (χ3v) is 6.35. The van der Waals surface area contributed by atoms with Crippen molar-refractivity contribution in [3.05, 3.63) is 23.8 Å². The zero-order valence-corrected chi connectivity index (χ0v) is 17.0. The zero-order valence-electron chi connectivity index (χ0n) is 16.2. The molecular weight excluding hydrogens is 386 g/mol. The number of nitrogens with zero attached hydrogens (tertiary/aromatic N) is 2. The lowest BCUT2D eigenvalue weighted by atomic mass is 9.98. The maximum Gasteiger partial charge on any atom is 0.338 e. The highest BCUT2D eigenvalue weighted by Crippen LogP contribution is 2.39. The summed E-state index contributed by atoms with van der Waals surface area (Å²) < 4.78 is 35.8. The molecule has 0 saturated heterocycles. The fourth-order valence-corrected chi connectivity index (χ4v) is 3.70. The Bertz CT molecular complexity index is 918. The highest BCUT2D eigenvalue weighted by Gasteiger charge is 2.43. The van der Waals surface area contributed by atoms with Gasteiger partial charge in [0.25, 0.3) is 5.91 Å². The number of nitriles is 1. The first-order valence-electron chi connectivity index (χ1n) is 8.55. The summed E-state index contributed by atoms with van der Waals surface area (Å²) in [7, 11) is 0.181. The van der Waals surface area contributed by atoms with Gasteiger partial charge in [-0.15, -0.1) is 0 Å². The molecule has 0 bridgehead atoms. The van der Waals surface area contributed by atoms with Gasteiger partial charge in [-0.25, -0.2) is 17.5 Å². The lowest BCUT2D eigenvalue weighted by Crippen LogP contribution is -2.48. The van der Waals surface area contributed by atoms with Crippen molar-refractivity contribution in [2.45, 2.75) is 30.2 Å². The van der Waals surface area contributed by atoms with Crippen LogP contribution in [-0.4, -0.2) is 58.0 Å². The van der Waals surface area contributed by atoms with Gasteiger partial charge in [0.2, 0.25) is 10.0 Å². The summed E-state index contributed by atoms with van der Waals surface area (Å²) in [6, 6.07) is 5.90. The molecule has 1 amide bonds. The second-order valence-corrected chi connectivity index (χ2v) is 8.99. The van der Waals surface area contributed by atoms with Crippen LogP contribution >= 0.6 is 0 Å². The number of esters is 1. The molecule has 28 heavy (non-hydrogen) atoms. The van der Waals surface area contributed by atoms with Crippen molar-refractivity contribution < 1.29 is 27.5 Å². The Morgan fingerprint density at radius 1 is 1.36 bits per heavy atom. The molecule has 1 N–H and O–H groups in total. The summed E-state index contributed by atoms with van der Waals surface area (Å²) in [6.45, 7) is 1.05. The van der Waals surface area contributed by atoms with Gasteiger partial charge in [0.15, 0.2) is 6.61 Å². The topological polar surface area (TPSA) is 126 Å². The van der Waals surface area contributed by atoms with Crippen LogP contribution in [-0.2, 0) is 19.6 Å². The summed E-state index contributed by atoms with van der Waals surface area (Å²) >= 11 is 0. The van der Waals surface area contributed by atoms with Crippen LogP contribution in [0.25, 0.3) is 0 Å². The quantitative estimate of drug-likeness (QED) is 0.633. The average Bonchev–Trinajstić information content (AvgIpc) is 3.51. The zero-order chi connectivity index (χ0) is 21.1. The van der Waals surface area contributed by atoms with Gasteiger partial charge in [0, 0.05) is 14.1 Å². The summed E-state index contributed by atoms with van der Waals surface area (Å²) in [5.41, 5.74) is -1.03. The first-order valence-corrected chi connectivity index (χ1v) is 9.99. The highest BCUT2D eigenvalue weighted by molar-refractivity contribution is 7.89. The number of carbonyl (C=O) groups is 2. The van der Waals surface area contributed by atoms with Gasteiger partial charge < -0.3 is 14.8 Å². The van der Waals surface area contributed by atoms with Crippen LogP contribution in [0.4, 0.5) is 0 Å². The molecule has 1 aromatic carbocycles. The highest BCUT2D eigenvalue weighted by atomic mass is 32.2. The lowest BCUT2D eigenvalue weighted by molar-refractivity contribution is -0.125. The Kier molecular flexibility index (Phi) is 6.31. The van der Waals surface area contributed by atoms with Gasteiger partial charge in [-0.05, 0) is 43.9 Å². The third-order valence-electron chi connectivity index (χ3n) is 4.52. The Morgan fingerprint density at radius 2 is 2.00 bits per heavy atom. The minimum absolute atomic E-state index is 0.0423. The van der Waals surface area contributed by atoms with Crippen molar-refractivity contribution in [1.29, 1.82) is 5.26 Å². The largest absolute Gasteiger partial charge is 0.495 e. The summed E-state index contributed by atoms with van der Waals surface area (Å²) in [5.74, 6) is -1.29. The van der Waals surface area contributed by atoms with Crippen molar-refractivity contribution in [2.75, 3.05) is 27.8 Å². The molecule has 0 spiro atoms. The smallest absolute Gasteiger partial charge is 0.338 e. The lowest BCUT2D eigenvalue weighted by Gasteiger charge is -2.22. The first-order chi connectivity index (χ1) is 13.0. The molecular formula is C18H23N3O6S.